The van der Waals surface area contributed by atoms with E-state index in [9.17, 15) is 29.0 Å². The monoisotopic (exact) mass is 485 g/mol. The zero-order valence-electron chi connectivity index (χ0n) is 19.4. The van der Waals surface area contributed by atoms with Gasteiger partial charge in [-0.1, -0.05) is 42.2 Å². The van der Waals surface area contributed by atoms with Crippen LogP contribution < -0.4 is 85.5 Å². The van der Waals surface area contributed by atoms with Gasteiger partial charge in [-0.2, -0.15) is 0 Å². The smallest absolute Gasteiger partial charge is 0.871 e. The van der Waals surface area contributed by atoms with Crippen LogP contribution in [0.2, 0.25) is 0 Å². The predicted molar refractivity (Wildman–Crippen MR) is 112 cm³/mol. The van der Waals surface area contributed by atoms with Crippen molar-refractivity contribution in [3.63, 3.8) is 0 Å². The number of hydrogen-bond donors (Lipinski definition) is 2. The first-order chi connectivity index (χ1) is 15.2. The Morgan fingerprint density at radius 1 is 1.18 bits per heavy atom. The van der Waals surface area contributed by atoms with Gasteiger partial charge in [0, 0.05) is 32.1 Å². The SMILES string of the molecule is Cn1ccc([O-])c(NC(=O)N[C@@H](CC(=O)[O-])c2cccc(CC3=CCCC=C3F)c2)c1=O.[Na+].[Na+]. The maximum absolute atomic E-state index is 14.0. The molecule has 0 spiro atoms. The van der Waals surface area contributed by atoms with Crippen molar-refractivity contribution in [2.24, 2.45) is 7.05 Å². The van der Waals surface area contributed by atoms with Crippen LogP contribution in [0, 0.1) is 0 Å². The minimum atomic E-state index is -1.40. The molecule has 168 valence electrons. The first-order valence-electron chi connectivity index (χ1n) is 10.0. The van der Waals surface area contributed by atoms with Crippen molar-refractivity contribution in [1.82, 2.24) is 9.88 Å². The molecule has 2 amide bonds. The number of carbonyl (C=O) groups is 2. The van der Waals surface area contributed by atoms with E-state index in [2.05, 4.69) is 10.6 Å². The molecule has 1 aromatic heterocycles. The number of allylic oxidation sites excluding steroid dienone is 4. The van der Waals surface area contributed by atoms with Gasteiger partial charge < -0.3 is 30.2 Å². The molecule has 3 rings (SSSR count). The Balaban J connectivity index is 0.00000289. The van der Waals surface area contributed by atoms with Gasteiger partial charge in [0.1, 0.15) is 11.5 Å². The largest absolute Gasteiger partial charge is 1.00 e. The minimum Gasteiger partial charge on any atom is -0.871 e. The van der Waals surface area contributed by atoms with E-state index in [-0.39, 0.29) is 64.9 Å². The van der Waals surface area contributed by atoms with Crippen LogP contribution >= 0.6 is 0 Å². The second-order valence-electron chi connectivity index (χ2n) is 7.48. The van der Waals surface area contributed by atoms with Crippen molar-refractivity contribution < 1.29 is 83.3 Å². The Morgan fingerprint density at radius 2 is 1.88 bits per heavy atom. The summed E-state index contributed by atoms with van der Waals surface area (Å²) < 4.78 is 15.2. The average molecular weight is 485 g/mol. The van der Waals surface area contributed by atoms with E-state index in [1.807, 2.05) is 6.08 Å². The number of carbonyl (C=O) groups excluding carboxylic acids is 2. The summed E-state index contributed by atoms with van der Waals surface area (Å²) in [5, 5.41) is 27.9. The molecule has 8 nitrogen and oxygen atoms in total. The fourth-order valence-corrected chi connectivity index (χ4v) is 3.45. The number of aromatic nitrogens is 1. The number of carboxylic acids is 1. The molecule has 0 radical (unpaired) electrons. The van der Waals surface area contributed by atoms with E-state index >= 15 is 0 Å². The number of aryl methyl sites for hydroxylation is 1. The second kappa shape index (κ2) is 13.9. The summed E-state index contributed by atoms with van der Waals surface area (Å²) in [4.78, 5) is 35.8. The average Bonchev–Trinajstić information content (AvgIpc) is 2.75. The molecule has 1 aliphatic rings. The number of pyridine rings is 1. The van der Waals surface area contributed by atoms with Crippen LogP contribution in [0.4, 0.5) is 14.9 Å². The van der Waals surface area contributed by atoms with Crippen LogP contribution in [0.15, 0.2) is 64.9 Å². The van der Waals surface area contributed by atoms with Gasteiger partial charge in [-0.05, 0) is 35.6 Å². The van der Waals surface area contributed by atoms with E-state index in [0.717, 1.165) is 22.6 Å². The Bertz CT molecular complexity index is 1160. The molecule has 2 N–H and O–H groups in total. The molecule has 34 heavy (non-hydrogen) atoms. The van der Waals surface area contributed by atoms with Crippen molar-refractivity contribution in [2.75, 3.05) is 5.32 Å². The topological polar surface area (TPSA) is 126 Å². The number of hydrogen-bond acceptors (Lipinski definition) is 5. The third kappa shape index (κ3) is 8.11. The molecular formula is C23H22FN3Na2O5. The number of urea groups is 1. The standard InChI is InChI=1S/C23H24FN3O5.2Na/c1-27-10-9-19(28)21(22(27)31)26-23(32)25-18(13-20(29)30)16-7-4-5-14(12-16)11-15-6-2-3-8-17(15)24;;/h4-10,12,18,28H,2-3,11,13H2,1H3,(H,29,30)(H2,25,26,32);;/q;2*+1/p-2/t18-;;/m0../s1. The van der Waals surface area contributed by atoms with E-state index in [1.165, 1.54) is 19.3 Å². The number of aliphatic carboxylic acids is 1. The Kier molecular flexibility index (Phi) is 12.3. The van der Waals surface area contributed by atoms with Crippen molar-refractivity contribution in [2.45, 2.75) is 31.7 Å². The quantitative estimate of drug-likeness (QED) is 0.383. The van der Waals surface area contributed by atoms with Crippen LogP contribution in [0.3, 0.4) is 0 Å². The summed E-state index contributed by atoms with van der Waals surface area (Å²) in [5.74, 6) is -2.34. The third-order valence-electron chi connectivity index (χ3n) is 5.08. The van der Waals surface area contributed by atoms with Crippen molar-refractivity contribution in [3.05, 3.63) is 81.6 Å². The number of nitrogens with zero attached hydrogens (tertiary/aromatic N) is 1. The molecule has 1 atom stereocenters. The van der Waals surface area contributed by atoms with Crippen molar-refractivity contribution in [1.29, 1.82) is 0 Å². The van der Waals surface area contributed by atoms with E-state index in [4.69, 9.17) is 0 Å². The zero-order chi connectivity index (χ0) is 23.3. The number of rotatable bonds is 7. The number of benzene rings is 1. The van der Waals surface area contributed by atoms with Crippen LogP contribution in [0.1, 0.15) is 36.4 Å². The summed E-state index contributed by atoms with van der Waals surface area (Å²) in [5.41, 5.74) is 0.620. The fourth-order valence-electron chi connectivity index (χ4n) is 3.45. The van der Waals surface area contributed by atoms with Gasteiger partial charge >= 0.3 is 65.1 Å². The number of nitrogens with one attached hydrogen (secondary N) is 2. The Hall–Kier alpha value is -1.88. The molecule has 1 aromatic carbocycles. The van der Waals surface area contributed by atoms with Gasteiger partial charge in [0.2, 0.25) is 0 Å². The molecule has 0 aliphatic heterocycles. The van der Waals surface area contributed by atoms with Gasteiger partial charge in [0.15, 0.2) is 0 Å². The number of carboxylic acid groups (broad SMARTS) is 1. The van der Waals surface area contributed by atoms with Gasteiger partial charge in [0.05, 0.1) is 6.04 Å². The van der Waals surface area contributed by atoms with Crippen LogP contribution in [0.5, 0.6) is 5.75 Å². The van der Waals surface area contributed by atoms with Crippen molar-refractivity contribution in [3.8, 4) is 5.75 Å². The normalized spacial score (nSPS) is 13.4. The number of amides is 2. The molecule has 0 unspecified atom stereocenters. The maximum Gasteiger partial charge on any atom is 1.00 e. The third-order valence-corrected chi connectivity index (χ3v) is 5.08. The van der Waals surface area contributed by atoms with E-state index in [0.29, 0.717) is 24.0 Å². The molecule has 2 aromatic rings. The molecule has 11 heteroatoms. The summed E-state index contributed by atoms with van der Waals surface area (Å²) in [6.07, 6.45) is 5.81. The fraction of sp³-hybridized carbons (Fsp3) is 0.261. The number of anilines is 1. The second-order valence-corrected chi connectivity index (χ2v) is 7.48. The molecule has 1 aliphatic carbocycles. The number of halogens is 1. The van der Waals surface area contributed by atoms with Gasteiger partial charge in [-0.3, -0.25) is 4.79 Å². The summed E-state index contributed by atoms with van der Waals surface area (Å²) in [6.45, 7) is 0. The molecular weight excluding hydrogens is 463 g/mol. The minimum absolute atomic E-state index is 0. The van der Waals surface area contributed by atoms with Crippen LogP contribution in [-0.4, -0.2) is 16.6 Å². The Morgan fingerprint density at radius 3 is 2.56 bits per heavy atom. The Labute approximate surface area is 240 Å². The van der Waals surface area contributed by atoms with Gasteiger partial charge in [0.25, 0.3) is 5.56 Å². The predicted octanol–water partition coefficient (Wildman–Crippen LogP) is -4.41. The van der Waals surface area contributed by atoms with Gasteiger partial charge in [-0.15, -0.1) is 0 Å². The first-order valence-corrected chi connectivity index (χ1v) is 10.0. The molecule has 0 saturated heterocycles. The van der Waals surface area contributed by atoms with Crippen molar-refractivity contribution >= 4 is 17.7 Å². The zero-order valence-corrected chi connectivity index (χ0v) is 23.4. The molecule has 1 heterocycles. The first kappa shape index (κ1) is 30.2. The van der Waals surface area contributed by atoms with E-state index in [1.54, 1.807) is 24.3 Å². The van der Waals surface area contributed by atoms with Crippen LogP contribution in [-0.2, 0) is 18.3 Å². The van der Waals surface area contributed by atoms with Gasteiger partial charge in [-0.25, -0.2) is 9.18 Å². The molecule has 0 saturated carbocycles. The maximum atomic E-state index is 14.0. The van der Waals surface area contributed by atoms with E-state index < -0.39 is 41.5 Å². The summed E-state index contributed by atoms with van der Waals surface area (Å²) in [7, 11) is 1.43. The summed E-state index contributed by atoms with van der Waals surface area (Å²) >= 11 is 0. The van der Waals surface area contributed by atoms with Crippen LogP contribution in [0.25, 0.3) is 0 Å². The molecule has 0 bridgehead atoms. The summed E-state index contributed by atoms with van der Waals surface area (Å²) in [6, 6.07) is 5.98. The molecule has 0 fully saturated rings.